The number of benzene rings is 1. The van der Waals surface area contributed by atoms with Crippen LogP contribution in [0.2, 0.25) is 0 Å². The van der Waals surface area contributed by atoms with Crippen LogP contribution in [-0.4, -0.2) is 12.9 Å². The molecule has 1 rings (SSSR count). The molecule has 0 aliphatic heterocycles. The Morgan fingerprint density at radius 2 is 1.61 bits per heavy atom. The Labute approximate surface area is 105 Å². The van der Waals surface area contributed by atoms with Gasteiger partial charge in [0.1, 0.15) is 5.75 Å². The summed E-state index contributed by atoms with van der Waals surface area (Å²) in [6.45, 7) is 7.18. The van der Waals surface area contributed by atoms with Crippen LogP contribution in [0.3, 0.4) is 0 Å². The predicted octanol–water partition coefficient (Wildman–Crippen LogP) is 4.43. The fraction of sp³-hybridized carbons (Fsp3) is 0.538. The Balaban J connectivity index is 2.46. The van der Waals surface area contributed by atoms with E-state index in [1.54, 1.807) is 12.1 Å². The first-order valence-electron chi connectivity index (χ1n) is 5.75. The Morgan fingerprint density at radius 1 is 1.06 bits per heavy atom. The lowest BCUT2D eigenvalue weighted by molar-refractivity contribution is -0.274. The second-order valence-electron chi connectivity index (χ2n) is 5.31. The molecule has 5 heteroatoms. The van der Waals surface area contributed by atoms with Crippen LogP contribution in [0.5, 0.6) is 5.75 Å². The van der Waals surface area contributed by atoms with Gasteiger partial charge in [-0.3, -0.25) is 0 Å². The number of ether oxygens (including phenoxy) is 1. The zero-order valence-electron chi connectivity index (χ0n) is 10.8. The maximum atomic E-state index is 11.9. The minimum atomic E-state index is -4.64. The van der Waals surface area contributed by atoms with Crippen molar-refractivity contribution in [3.63, 3.8) is 0 Å². The van der Waals surface area contributed by atoms with Crippen molar-refractivity contribution in [2.75, 3.05) is 11.9 Å². The molecule has 0 atom stereocenters. The van der Waals surface area contributed by atoms with Gasteiger partial charge in [0.2, 0.25) is 0 Å². The van der Waals surface area contributed by atoms with E-state index in [1.165, 1.54) is 12.1 Å². The zero-order chi connectivity index (χ0) is 13.8. The van der Waals surface area contributed by atoms with E-state index in [9.17, 15) is 13.2 Å². The molecule has 0 aliphatic carbocycles. The number of hydrogen-bond donors (Lipinski definition) is 1. The first-order chi connectivity index (χ1) is 8.16. The Morgan fingerprint density at radius 3 is 2.06 bits per heavy atom. The maximum Gasteiger partial charge on any atom is 0.573 e. The molecule has 0 saturated heterocycles. The van der Waals surface area contributed by atoms with Crippen molar-refractivity contribution < 1.29 is 17.9 Å². The summed E-state index contributed by atoms with van der Waals surface area (Å²) >= 11 is 0. The highest BCUT2D eigenvalue weighted by molar-refractivity contribution is 5.46. The highest BCUT2D eigenvalue weighted by Crippen LogP contribution is 2.24. The number of hydrogen-bond acceptors (Lipinski definition) is 2. The highest BCUT2D eigenvalue weighted by Gasteiger charge is 2.30. The van der Waals surface area contributed by atoms with Crippen LogP contribution in [-0.2, 0) is 0 Å². The molecule has 1 N–H and O–H groups in total. The zero-order valence-corrected chi connectivity index (χ0v) is 10.8. The molecule has 18 heavy (non-hydrogen) atoms. The van der Waals surface area contributed by atoms with Crippen LogP contribution in [0.15, 0.2) is 24.3 Å². The normalized spacial score (nSPS) is 12.3. The van der Waals surface area contributed by atoms with Crippen molar-refractivity contribution in [3.8, 4) is 5.75 Å². The van der Waals surface area contributed by atoms with Crippen LogP contribution in [0.4, 0.5) is 18.9 Å². The van der Waals surface area contributed by atoms with Crippen LogP contribution in [0.1, 0.15) is 27.2 Å². The largest absolute Gasteiger partial charge is 0.573 e. The molecule has 1 aromatic rings. The van der Waals surface area contributed by atoms with Crippen molar-refractivity contribution in [1.29, 1.82) is 0 Å². The third kappa shape index (κ3) is 6.37. The summed E-state index contributed by atoms with van der Waals surface area (Å²) in [7, 11) is 0. The summed E-state index contributed by atoms with van der Waals surface area (Å²) in [6, 6.07) is 5.74. The summed E-state index contributed by atoms with van der Waals surface area (Å²) in [4.78, 5) is 0. The van der Waals surface area contributed by atoms with Crippen LogP contribution < -0.4 is 10.1 Å². The van der Waals surface area contributed by atoms with Gasteiger partial charge in [-0.05, 0) is 36.1 Å². The van der Waals surface area contributed by atoms with Gasteiger partial charge in [0.05, 0.1) is 0 Å². The first kappa shape index (κ1) is 14.7. The molecular weight excluding hydrogens is 243 g/mol. The fourth-order valence-electron chi connectivity index (χ4n) is 1.36. The van der Waals surface area contributed by atoms with Crippen LogP contribution in [0, 0.1) is 5.41 Å². The van der Waals surface area contributed by atoms with Crippen molar-refractivity contribution in [3.05, 3.63) is 24.3 Å². The van der Waals surface area contributed by atoms with E-state index < -0.39 is 6.36 Å². The molecule has 0 unspecified atom stereocenters. The van der Waals surface area contributed by atoms with Crippen LogP contribution >= 0.6 is 0 Å². The molecule has 102 valence electrons. The fourth-order valence-corrected chi connectivity index (χ4v) is 1.36. The molecule has 0 aromatic heterocycles. The topological polar surface area (TPSA) is 21.3 Å². The Bertz CT molecular complexity index is 365. The standard InChI is InChI=1S/C13H18F3NO/c1-12(2,3)8-9-17-10-4-6-11(7-5-10)18-13(14,15)16/h4-7,17H,8-9H2,1-3H3. The third-order valence-corrected chi connectivity index (χ3v) is 2.29. The summed E-state index contributed by atoms with van der Waals surface area (Å²) in [6.07, 6.45) is -3.66. The van der Waals surface area contributed by atoms with E-state index in [1.807, 2.05) is 0 Å². The minimum absolute atomic E-state index is 0.205. The van der Waals surface area contributed by atoms with Gasteiger partial charge in [-0.25, -0.2) is 0 Å². The SMILES string of the molecule is CC(C)(C)CCNc1ccc(OC(F)(F)F)cc1. The molecule has 0 fully saturated rings. The predicted molar refractivity (Wildman–Crippen MR) is 65.7 cm³/mol. The third-order valence-electron chi connectivity index (χ3n) is 2.29. The summed E-state index contributed by atoms with van der Waals surface area (Å²) < 4.78 is 39.6. The van der Waals surface area contributed by atoms with Gasteiger partial charge < -0.3 is 10.1 Å². The second-order valence-corrected chi connectivity index (χ2v) is 5.31. The average Bonchev–Trinajstić information content (AvgIpc) is 2.16. The van der Waals surface area contributed by atoms with Gasteiger partial charge in [0.25, 0.3) is 0 Å². The molecule has 0 bridgehead atoms. The van der Waals surface area contributed by atoms with E-state index in [-0.39, 0.29) is 11.2 Å². The number of halogens is 3. The van der Waals surface area contributed by atoms with Crippen molar-refractivity contribution in [2.24, 2.45) is 5.41 Å². The Kier molecular flexibility index (Phi) is 4.48. The number of rotatable bonds is 4. The molecule has 0 saturated carbocycles. The monoisotopic (exact) mass is 261 g/mol. The maximum absolute atomic E-state index is 11.9. The van der Waals surface area contributed by atoms with Gasteiger partial charge >= 0.3 is 6.36 Å². The van der Waals surface area contributed by atoms with Gasteiger partial charge in [-0.1, -0.05) is 20.8 Å². The van der Waals surface area contributed by atoms with E-state index >= 15 is 0 Å². The number of alkyl halides is 3. The molecule has 2 nitrogen and oxygen atoms in total. The van der Waals surface area contributed by atoms with Crippen molar-refractivity contribution in [1.82, 2.24) is 0 Å². The summed E-state index contributed by atoms with van der Waals surface area (Å²) in [5.74, 6) is -0.205. The molecule has 0 spiro atoms. The van der Waals surface area contributed by atoms with E-state index in [0.29, 0.717) is 0 Å². The molecule has 0 radical (unpaired) electrons. The highest BCUT2D eigenvalue weighted by atomic mass is 19.4. The van der Waals surface area contributed by atoms with E-state index in [4.69, 9.17) is 0 Å². The van der Waals surface area contributed by atoms with E-state index in [2.05, 4.69) is 30.8 Å². The molecule has 0 heterocycles. The van der Waals surface area contributed by atoms with Gasteiger partial charge in [-0.2, -0.15) is 0 Å². The Hall–Kier alpha value is -1.39. The molecule has 1 aromatic carbocycles. The lowest BCUT2D eigenvalue weighted by Gasteiger charge is -2.18. The van der Waals surface area contributed by atoms with Gasteiger partial charge in [-0.15, -0.1) is 13.2 Å². The molecule has 0 aliphatic rings. The number of anilines is 1. The lowest BCUT2D eigenvalue weighted by atomic mass is 9.92. The lowest BCUT2D eigenvalue weighted by Crippen LogP contribution is -2.17. The van der Waals surface area contributed by atoms with Gasteiger partial charge in [0, 0.05) is 12.2 Å². The van der Waals surface area contributed by atoms with Crippen LogP contribution in [0.25, 0.3) is 0 Å². The molecular formula is C13H18F3NO. The van der Waals surface area contributed by atoms with E-state index in [0.717, 1.165) is 18.7 Å². The average molecular weight is 261 g/mol. The minimum Gasteiger partial charge on any atom is -0.406 e. The first-order valence-corrected chi connectivity index (χ1v) is 5.75. The van der Waals surface area contributed by atoms with Crippen molar-refractivity contribution in [2.45, 2.75) is 33.6 Å². The second kappa shape index (κ2) is 5.50. The molecule has 0 amide bonds. The quantitative estimate of drug-likeness (QED) is 0.865. The van der Waals surface area contributed by atoms with Crippen molar-refractivity contribution >= 4 is 5.69 Å². The summed E-state index contributed by atoms with van der Waals surface area (Å²) in [5, 5.41) is 3.15. The summed E-state index contributed by atoms with van der Waals surface area (Å²) in [5.41, 5.74) is 1.01. The number of nitrogens with one attached hydrogen (secondary N) is 1. The van der Waals surface area contributed by atoms with Gasteiger partial charge in [0.15, 0.2) is 0 Å². The smallest absolute Gasteiger partial charge is 0.406 e.